The van der Waals surface area contributed by atoms with Gasteiger partial charge in [-0.3, -0.25) is 0 Å². The van der Waals surface area contributed by atoms with Crippen LogP contribution in [0, 0.1) is 5.92 Å². The van der Waals surface area contributed by atoms with Crippen molar-refractivity contribution < 1.29 is 5.11 Å². The summed E-state index contributed by atoms with van der Waals surface area (Å²) in [5.74, 6) is 0.432. The smallest absolute Gasteiger partial charge is 0.0795 e. The second-order valence-electron chi connectivity index (χ2n) is 3.83. The first-order valence-electron chi connectivity index (χ1n) is 4.90. The Morgan fingerprint density at radius 3 is 2.64 bits per heavy atom. The van der Waals surface area contributed by atoms with Gasteiger partial charge in [0.15, 0.2) is 0 Å². The molecule has 1 unspecified atom stereocenters. The molecule has 0 aromatic carbocycles. The largest absolute Gasteiger partial charge is 0.395 e. The summed E-state index contributed by atoms with van der Waals surface area (Å²) in [6.45, 7) is 6.44. The molecular formula is C10H18N2OS. The van der Waals surface area contributed by atoms with Crippen molar-refractivity contribution >= 4 is 11.3 Å². The minimum Gasteiger partial charge on any atom is -0.395 e. The van der Waals surface area contributed by atoms with E-state index in [0.717, 1.165) is 5.69 Å². The molecule has 0 aliphatic carbocycles. The Morgan fingerprint density at radius 2 is 2.21 bits per heavy atom. The van der Waals surface area contributed by atoms with Gasteiger partial charge >= 0.3 is 0 Å². The van der Waals surface area contributed by atoms with Gasteiger partial charge in [-0.05, 0) is 12.8 Å². The first-order chi connectivity index (χ1) is 6.65. The third-order valence-electron chi connectivity index (χ3n) is 2.36. The predicted molar refractivity (Wildman–Crippen MR) is 59.4 cm³/mol. The summed E-state index contributed by atoms with van der Waals surface area (Å²) >= 11 is 1.60. The van der Waals surface area contributed by atoms with Crippen molar-refractivity contribution in [2.75, 3.05) is 6.61 Å². The molecule has 1 aromatic rings. The fourth-order valence-corrected chi connectivity index (χ4v) is 1.95. The lowest BCUT2D eigenvalue weighted by Gasteiger charge is -2.23. The standard InChI is InChI=1S/C10H18N2OS/c1-7(2)9(4-13)12-8(3)10-5-14-6-11-10/h5-9,12-13H,4H2,1-3H3/t8?,9-/m1/s1. The Hall–Kier alpha value is -0.450. The lowest BCUT2D eigenvalue weighted by Crippen LogP contribution is -2.38. The summed E-state index contributed by atoms with van der Waals surface area (Å²) in [5, 5.41) is 14.6. The van der Waals surface area contributed by atoms with Crippen molar-refractivity contribution in [2.45, 2.75) is 32.9 Å². The molecule has 1 heterocycles. The van der Waals surface area contributed by atoms with Crippen LogP contribution in [0.4, 0.5) is 0 Å². The summed E-state index contributed by atoms with van der Waals surface area (Å²) in [6, 6.07) is 0.354. The Morgan fingerprint density at radius 1 is 1.50 bits per heavy atom. The van der Waals surface area contributed by atoms with Crippen LogP contribution in [0.3, 0.4) is 0 Å². The van der Waals surface area contributed by atoms with E-state index in [4.69, 9.17) is 5.11 Å². The number of aliphatic hydroxyl groups is 1. The maximum atomic E-state index is 9.16. The summed E-state index contributed by atoms with van der Waals surface area (Å²) in [6.07, 6.45) is 0. The maximum Gasteiger partial charge on any atom is 0.0795 e. The topological polar surface area (TPSA) is 45.1 Å². The van der Waals surface area contributed by atoms with Gasteiger partial charge in [0.25, 0.3) is 0 Å². The molecule has 1 rings (SSSR count). The highest BCUT2D eigenvalue weighted by atomic mass is 32.1. The lowest BCUT2D eigenvalue weighted by molar-refractivity contribution is 0.201. The summed E-state index contributed by atoms with van der Waals surface area (Å²) in [7, 11) is 0. The van der Waals surface area contributed by atoms with E-state index in [1.165, 1.54) is 0 Å². The first kappa shape index (κ1) is 11.6. The average molecular weight is 214 g/mol. The Bertz CT molecular complexity index is 249. The molecule has 2 atom stereocenters. The molecule has 0 fully saturated rings. The number of hydrogen-bond donors (Lipinski definition) is 2. The first-order valence-corrected chi connectivity index (χ1v) is 5.84. The van der Waals surface area contributed by atoms with Crippen LogP contribution < -0.4 is 5.32 Å². The van der Waals surface area contributed by atoms with Crippen LogP contribution in [0.2, 0.25) is 0 Å². The molecule has 0 spiro atoms. The molecule has 3 nitrogen and oxygen atoms in total. The number of aliphatic hydroxyl groups excluding tert-OH is 1. The van der Waals surface area contributed by atoms with Gasteiger partial charge in [0.2, 0.25) is 0 Å². The molecule has 14 heavy (non-hydrogen) atoms. The maximum absolute atomic E-state index is 9.16. The van der Waals surface area contributed by atoms with E-state index in [1.807, 2.05) is 10.9 Å². The highest BCUT2D eigenvalue weighted by Crippen LogP contribution is 2.14. The van der Waals surface area contributed by atoms with Gasteiger partial charge in [0.1, 0.15) is 0 Å². The third kappa shape index (κ3) is 3.04. The minimum atomic E-state index is 0.145. The fourth-order valence-electron chi connectivity index (χ4n) is 1.30. The number of nitrogens with zero attached hydrogens (tertiary/aromatic N) is 1. The normalized spacial score (nSPS) is 15.8. The Balaban J connectivity index is 2.51. The molecule has 80 valence electrons. The molecule has 2 N–H and O–H groups in total. The summed E-state index contributed by atoms with van der Waals surface area (Å²) < 4.78 is 0. The zero-order chi connectivity index (χ0) is 10.6. The monoisotopic (exact) mass is 214 g/mol. The quantitative estimate of drug-likeness (QED) is 0.785. The second kappa shape index (κ2) is 5.44. The van der Waals surface area contributed by atoms with Crippen LogP contribution in [0.1, 0.15) is 32.5 Å². The lowest BCUT2D eigenvalue weighted by atomic mass is 10.0. The van der Waals surface area contributed by atoms with Crippen molar-refractivity contribution in [3.8, 4) is 0 Å². The molecule has 0 saturated carbocycles. The van der Waals surface area contributed by atoms with E-state index in [2.05, 4.69) is 31.1 Å². The SMILES string of the molecule is CC(N[C@H](CO)C(C)C)c1cscn1. The van der Waals surface area contributed by atoms with Crippen LogP contribution in [-0.4, -0.2) is 22.7 Å². The molecule has 0 bridgehead atoms. The van der Waals surface area contributed by atoms with Crippen LogP contribution in [0.25, 0.3) is 0 Å². The average Bonchev–Trinajstić information content (AvgIpc) is 2.65. The highest BCUT2D eigenvalue weighted by molar-refractivity contribution is 7.07. The van der Waals surface area contributed by atoms with E-state index in [-0.39, 0.29) is 18.7 Å². The zero-order valence-electron chi connectivity index (χ0n) is 8.90. The number of hydrogen-bond acceptors (Lipinski definition) is 4. The molecular weight excluding hydrogens is 196 g/mol. The number of thiazole rings is 1. The van der Waals surface area contributed by atoms with E-state index in [9.17, 15) is 0 Å². The van der Waals surface area contributed by atoms with Gasteiger partial charge in [-0.2, -0.15) is 0 Å². The van der Waals surface area contributed by atoms with E-state index >= 15 is 0 Å². The number of rotatable bonds is 5. The molecule has 0 aliphatic rings. The van der Waals surface area contributed by atoms with Gasteiger partial charge in [-0.15, -0.1) is 11.3 Å². The van der Waals surface area contributed by atoms with Crippen molar-refractivity contribution in [1.29, 1.82) is 0 Å². The molecule has 4 heteroatoms. The molecule has 0 saturated heterocycles. The van der Waals surface area contributed by atoms with Crippen molar-refractivity contribution in [3.63, 3.8) is 0 Å². The van der Waals surface area contributed by atoms with Gasteiger partial charge in [-0.1, -0.05) is 13.8 Å². The van der Waals surface area contributed by atoms with Gasteiger partial charge < -0.3 is 10.4 Å². The van der Waals surface area contributed by atoms with Crippen molar-refractivity contribution in [1.82, 2.24) is 10.3 Å². The Kier molecular flexibility index (Phi) is 4.51. The van der Waals surface area contributed by atoms with E-state index < -0.39 is 0 Å². The van der Waals surface area contributed by atoms with E-state index in [0.29, 0.717) is 5.92 Å². The zero-order valence-corrected chi connectivity index (χ0v) is 9.71. The van der Waals surface area contributed by atoms with Crippen LogP contribution in [0.5, 0.6) is 0 Å². The summed E-state index contributed by atoms with van der Waals surface area (Å²) in [4.78, 5) is 4.24. The molecule has 0 radical (unpaired) electrons. The molecule has 1 aromatic heterocycles. The molecule has 0 aliphatic heterocycles. The van der Waals surface area contributed by atoms with Crippen LogP contribution in [0.15, 0.2) is 10.9 Å². The summed E-state index contributed by atoms with van der Waals surface area (Å²) in [5.41, 5.74) is 2.88. The number of aromatic nitrogens is 1. The predicted octanol–water partition coefficient (Wildman–Crippen LogP) is 1.81. The highest BCUT2D eigenvalue weighted by Gasteiger charge is 2.16. The van der Waals surface area contributed by atoms with Crippen LogP contribution in [-0.2, 0) is 0 Å². The second-order valence-corrected chi connectivity index (χ2v) is 4.55. The van der Waals surface area contributed by atoms with E-state index in [1.54, 1.807) is 11.3 Å². The van der Waals surface area contributed by atoms with Gasteiger partial charge in [-0.25, -0.2) is 4.98 Å². The fraction of sp³-hybridized carbons (Fsp3) is 0.700. The molecule has 0 amide bonds. The van der Waals surface area contributed by atoms with Crippen molar-refractivity contribution in [2.24, 2.45) is 5.92 Å². The minimum absolute atomic E-state index is 0.145. The third-order valence-corrected chi connectivity index (χ3v) is 2.97. The number of nitrogens with one attached hydrogen (secondary N) is 1. The Labute approximate surface area is 89.2 Å². The van der Waals surface area contributed by atoms with Crippen molar-refractivity contribution in [3.05, 3.63) is 16.6 Å². The van der Waals surface area contributed by atoms with Gasteiger partial charge in [0.05, 0.1) is 17.8 Å². The van der Waals surface area contributed by atoms with Crippen LogP contribution >= 0.6 is 11.3 Å². The van der Waals surface area contributed by atoms with Gasteiger partial charge in [0, 0.05) is 17.5 Å².